The Morgan fingerprint density at radius 2 is 1.96 bits per heavy atom. The summed E-state index contributed by atoms with van der Waals surface area (Å²) < 4.78 is 39.7. The third-order valence-corrected chi connectivity index (χ3v) is 3.39. The van der Waals surface area contributed by atoms with E-state index in [4.69, 9.17) is 21.1 Å². The molecule has 0 aliphatic rings. The summed E-state index contributed by atoms with van der Waals surface area (Å²) in [5.41, 5.74) is 2.81. The normalized spacial score (nSPS) is 10.9. The summed E-state index contributed by atoms with van der Waals surface area (Å²) in [5, 5.41) is 4.18. The van der Waals surface area contributed by atoms with Crippen LogP contribution in [0.3, 0.4) is 0 Å². The molecule has 0 bridgehead atoms. The topological polar surface area (TPSA) is 69.2 Å². The highest BCUT2D eigenvalue weighted by Gasteiger charge is 2.11. The molecule has 0 saturated heterocycles. The molecule has 144 valence electrons. The van der Waals surface area contributed by atoms with Crippen molar-refractivity contribution < 1.29 is 27.8 Å². The third-order valence-electron chi connectivity index (χ3n) is 3.08. The minimum absolute atomic E-state index is 0.0822. The molecule has 2 rings (SSSR count). The van der Waals surface area contributed by atoms with Gasteiger partial charge in [0, 0.05) is 0 Å². The lowest BCUT2D eigenvalue weighted by atomic mass is 10.2. The van der Waals surface area contributed by atoms with Gasteiger partial charge in [0.05, 0.1) is 17.8 Å². The van der Waals surface area contributed by atoms with Crippen LogP contribution < -0.4 is 19.6 Å². The standard InChI is InChI=1S/C18H17ClF2N2O4/c1-2-25-16-9-12(7-8-15(16)27-18(20)21)10-22-23-17(24)11-26-14-6-4-3-5-13(14)19/h3-10,18H,2,11H2,1H3,(H,23,24)/b22-10-. The Balaban J connectivity index is 1.92. The van der Waals surface area contributed by atoms with Gasteiger partial charge in [-0.05, 0) is 42.8 Å². The first-order valence-electron chi connectivity index (χ1n) is 7.90. The fourth-order valence-corrected chi connectivity index (χ4v) is 2.17. The van der Waals surface area contributed by atoms with Gasteiger partial charge >= 0.3 is 6.61 Å². The highest BCUT2D eigenvalue weighted by Crippen LogP contribution is 2.29. The summed E-state index contributed by atoms with van der Waals surface area (Å²) in [6.07, 6.45) is 1.34. The summed E-state index contributed by atoms with van der Waals surface area (Å²) in [6, 6.07) is 11.1. The molecule has 27 heavy (non-hydrogen) atoms. The van der Waals surface area contributed by atoms with Gasteiger partial charge in [0.2, 0.25) is 0 Å². The molecule has 0 atom stereocenters. The van der Waals surface area contributed by atoms with E-state index in [9.17, 15) is 13.6 Å². The van der Waals surface area contributed by atoms with E-state index in [1.165, 1.54) is 24.4 Å². The average molecular weight is 399 g/mol. The van der Waals surface area contributed by atoms with Crippen molar-refractivity contribution in [1.82, 2.24) is 5.43 Å². The van der Waals surface area contributed by atoms with Crippen LogP contribution in [0.4, 0.5) is 8.78 Å². The zero-order valence-electron chi connectivity index (χ0n) is 14.3. The molecule has 2 aromatic rings. The smallest absolute Gasteiger partial charge is 0.387 e. The fourth-order valence-electron chi connectivity index (χ4n) is 1.98. The predicted octanol–water partition coefficient (Wildman–Crippen LogP) is 3.87. The quantitative estimate of drug-likeness (QED) is 0.514. The van der Waals surface area contributed by atoms with E-state index in [0.29, 0.717) is 16.3 Å². The van der Waals surface area contributed by atoms with Gasteiger partial charge in [-0.1, -0.05) is 23.7 Å². The molecule has 0 unspecified atom stereocenters. The number of nitrogens with zero attached hydrogens (tertiary/aromatic N) is 1. The van der Waals surface area contributed by atoms with Gasteiger partial charge in [0.15, 0.2) is 18.1 Å². The second-order valence-electron chi connectivity index (χ2n) is 5.03. The average Bonchev–Trinajstić information content (AvgIpc) is 2.63. The van der Waals surface area contributed by atoms with E-state index >= 15 is 0 Å². The van der Waals surface area contributed by atoms with E-state index in [0.717, 1.165) is 0 Å². The second-order valence-corrected chi connectivity index (χ2v) is 5.44. The van der Waals surface area contributed by atoms with Crippen LogP contribution in [0.25, 0.3) is 0 Å². The SMILES string of the molecule is CCOc1cc(/C=N\NC(=O)COc2ccccc2Cl)ccc1OC(F)F. The molecule has 9 heteroatoms. The Hall–Kier alpha value is -2.87. The number of carbonyl (C=O) groups excluding carboxylic acids is 1. The number of para-hydroxylation sites is 1. The van der Waals surface area contributed by atoms with Crippen LogP contribution in [0.1, 0.15) is 12.5 Å². The minimum atomic E-state index is -2.96. The number of halogens is 3. The van der Waals surface area contributed by atoms with Crippen molar-refractivity contribution in [3.8, 4) is 17.2 Å². The van der Waals surface area contributed by atoms with E-state index in [-0.39, 0.29) is 24.7 Å². The molecule has 2 aromatic carbocycles. The number of carbonyl (C=O) groups is 1. The Kier molecular flexibility index (Phi) is 7.81. The summed E-state index contributed by atoms with van der Waals surface area (Å²) in [4.78, 5) is 11.7. The lowest BCUT2D eigenvalue weighted by molar-refractivity contribution is -0.123. The molecule has 1 N–H and O–H groups in total. The minimum Gasteiger partial charge on any atom is -0.490 e. The summed E-state index contributed by atoms with van der Waals surface area (Å²) in [6.45, 7) is -1.24. The number of rotatable bonds is 9. The number of hydrogen-bond donors (Lipinski definition) is 1. The zero-order valence-corrected chi connectivity index (χ0v) is 15.1. The summed E-state index contributed by atoms with van der Waals surface area (Å²) >= 11 is 5.92. The van der Waals surface area contributed by atoms with Gasteiger partial charge < -0.3 is 14.2 Å². The van der Waals surface area contributed by atoms with Crippen LogP contribution in [0.5, 0.6) is 17.2 Å². The highest BCUT2D eigenvalue weighted by molar-refractivity contribution is 6.32. The van der Waals surface area contributed by atoms with Gasteiger partial charge in [-0.25, -0.2) is 5.43 Å². The molecule has 0 heterocycles. The van der Waals surface area contributed by atoms with Crippen LogP contribution in [0.2, 0.25) is 5.02 Å². The van der Waals surface area contributed by atoms with Crippen LogP contribution >= 0.6 is 11.6 Å². The predicted molar refractivity (Wildman–Crippen MR) is 96.9 cm³/mol. The molecule has 0 radical (unpaired) electrons. The van der Waals surface area contributed by atoms with Crippen LogP contribution in [-0.4, -0.2) is 31.9 Å². The number of hydrogen-bond acceptors (Lipinski definition) is 5. The lowest BCUT2D eigenvalue weighted by Gasteiger charge is -2.11. The first kappa shape index (κ1) is 20.4. The number of nitrogens with one attached hydrogen (secondary N) is 1. The van der Waals surface area contributed by atoms with Gasteiger partial charge in [-0.15, -0.1) is 0 Å². The molecule has 0 saturated carbocycles. The molecule has 6 nitrogen and oxygen atoms in total. The van der Waals surface area contributed by atoms with Crippen molar-refractivity contribution in [2.45, 2.75) is 13.5 Å². The first-order chi connectivity index (χ1) is 13.0. The van der Waals surface area contributed by atoms with Crippen LogP contribution in [0.15, 0.2) is 47.6 Å². The molecular weight excluding hydrogens is 382 g/mol. The van der Waals surface area contributed by atoms with Gasteiger partial charge in [0.1, 0.15) is 5.75 Å². The Morgan fingerprint density at radius 3 is 2.67 bits per heavy atom. The van der Waals surface area contributed by atoms with Gasteiger partial charge in [-0.2, -0.15) is 13.9 Å². The molecule has 0 aliphatic heterocycles. The molecule has 0 spiro atoms. The Labute approximate surface area is 159 Å². The molecular formula is C18H17ClF2N2O4. The highest BCUT2D eigenvalue weighted by atomic mass is 35.5. The number of ether oxygens (including phenoxy) is 3. The van der Waals surface area contributed by atoms with Crippen molar-refractivity contribution >= 4 is 23.7 Å². The molecule has 0 fully saturated rings. The van der Waals surface area contributed by atoms with Gasteiger partial charge in [0.25, 0.3) is 5.91 Å². The number of hydrazone groups is 1. The summed E-state index contributed by atoms with van der Waals surface area (Å²) in [5.74, 6) is -0.0422. The van der Waals surface area contributed by atoms with E-state index in [1.807, 2.05) is 0 Å². The van der Waals surface area contributed by atoms with Crippen molar-refractivity contribution in [2.75, 3.05) is 13.2 Å². The van der Waals surface area contributed by atoms with E-state index in [2.05, 4.69) is 15.3 Å². The zero-order chi connectivity index (χ0) is 19.6. The summed E-state index contributed by atoms with van der Waals surface area (Å²) in [7, 11) is 0. The van der Waals surface area contributed by atoms with Crippen molar-refractivity contribution in [3.05, 3.63) is 53.1 Å². The molecule has 0 aliphatic carbocycles. The Morgan fingerprint density at radius 1 is 1.19 bits per heavy atom. The van der Waals surface area contributed by atoms with Crippen molar-refractivity contribution in [3.63, 3.8) is 0 Å². The fraction of sp³-hybridized carbons (Fsp3) is 0.222. The number of benzene rings is 2. The third kappa shape index (κ3) is 6.74. The van der Waals surface area contributed by atoms with Gasteiger partial charge in [-0.3, -0.25) is 4.79 Å². The van der Waals surface area contributed by atoms with Crippen LogP contribution in [-0.2, 0) is 4.79 Å². The van der Waals surface area contributed by atoms with Crippen molar-refractivity contribution in [2.24, 2.45) is 5.10 Å². The van der Waals surface area contributed by atoms with Crippen molar-refractivity contribution in [1.29, 1.82) is 0 Å². The van der Waals surface area contributed by atoms with E-state index < -0.39 is 12.5 Å². The largest absolute Gasteiger partial charge is 0.490 e. The maximum atomic E-state index is 12.4. The first-order valence-corrected chi connectivity index (χ1v) is 8.28. The maximum Gasteiger partial charge on any atom is 0.387 e. The molecule has 1 amide bonds. The van der Waals surface area contributed by atoms with E-state index in [1.54, 1.807) is 31.2 Å². The second kappa shape index (κ2) is 10.3. The van der Waals surface area contributed by atoms with Crippen LogP contribution in [0, 0.1) is 0 Å². The Bertz CT molecular complexity index is 803. The molecule has 0 aromatic heterocycles. The monoisotopic (exact) mass is 398 g/mol. The number of alkyl halides is 2. The lowest BCUT2D eigenvalue weighted by Crippen LogP contribution is -2.24. The maximum absolute atomic E-state index is 12.4. The number of amides is 1.